The summed E-state index contributed by atoms with van der Waals surface area (Å²) in [5.41, 5.74) is 0. The van der Waals surface area contributed by atoms with Crippen LogP contribution in [0.4, 0.5) is 5.82 Å². The van der Waals surface area contributed by atoms with Crippen molar-refractivity contribution in [1.82, 2.24) is 15.3 Å². The smallest absolute Gasteiger partial charge is 0.257 e. The van der Waals surface area contributed by atoms with Crippen LogP contribution in [0.5, 0.6) is 5.88 Å². The number of aromatic nitrogens is 2. The number of hydrogen-bond donors (Lipinski definition) is 1. The van der Waals surface area contributed by atoms with Gasteiger partial charge in [0.15, 0.2) is 5.82 Å². The van der Waals surface area contributed by atoms with E-state index in [2.05, 4.69) is 20.2 Å². The number of hydrogen-bond acceptors (Lipinski definition) is 5. The largest absolute Gasteiger partial charge is 0.472 e. The highest BCUT2D eigenvalue weighted by Gasteiger charge is 2.23. The van der Waals surface area contributed by atoms with Crippen molar-refractivity contribution in [3.63, 3.8) is 0 Å². The molecular formula is C12H18N4O. The number of nitrogens with one attached hydrogen (secondary N) is 1. The lowest BCUT2D eigenvalue weighted by Crippen LogP contribution is -2.44. The third-order valence-electron chi connectivity index (χ3n) is 3.39. The molecular weight excluding hydrogens is 216 g/mol. The monoisotopic (exact) mass is 234 g/mol. The topological polar surface area (TPSA) is 50.3 Å². The van der Waals surface area contributed by atoms with Crippen LogP contribution in [0.25, 0.3) is 0 Å². The third kappa shape index (κ3) is 2.34. The zero-order valence-corrected chi connectivity index (χ0v) is 9.93. The van der Waals surface area contributed by atoms with Crippen molar-refractivity contribution in [2.24, 2.45) is 0 Å². The fourth-order valence-electron chi connectivity index (χ4n) is 2.14. The molecule has 5 nitrogen and oxygen atoms in total. The van der Waals surface area contributed by atoms with Crippen LogP contribution >= 0.6 is 0 Å². The lowest BCUT2D eigenvalue weighted by Gasteiger charge is -2.31. The molecule has 1 aliphatic carbocycles. The van der Waals surface area contributed by atoms with Gasteiger partial charge in [0.25, 0.3) is 5.88 Å². The van der Waals surface area contributed by atoms with E-state index >= 15 is 0 Å². The third-order valence-corrected chi connectivity index (χ3v) is 3.39. The van der Waals surface area contributed by atoms with Gasteiger partial charge < -0.3 is 15.0 Å². The Morgan fingerprint density at radius 3 is 2.65 bits per heavy atom. The molecule has 0 bridgehead atoms. The normalized spacial score (nSPS) is 21.1. The highest BCUT2D eigenvalue weighted by molar-refractivity contribution is 5.48. The van der Waals surface area contributed by atoms with E-state index in [1.54, 1.807) is 12.4 Å². The van der Waals surface area contributed by atoms with Crippen LogP contribution in [0.3, 0.4) is 0 Å². The van der Waals surface area contributed by atoms with E-state index in [0.717, 1.165) is 44.8 Å². The number of nitrogens with zero attached hydrogens (tertiary/aromatic N) is 3. The summed E-state index contributed by atoms with van der Waals surface area (Å²) in [6.07, 6.45) is 7.38. The second-order valence-electron chi connectivity index (χ2n) is 4.59. The molecule has 2 aliphatic rings. The summed E-state index contributed by atoms with van der Waals surface area (Å²) < 4.78 is 5.90. The van der Waals surface area contributed by atoms with Crippen molar-refractivity contribution in [3.8, 4) is 5.88 Å². The molecule has 1 saturated heterocycles. The molecule has 2 heterocycles. The summed E-state index contributed by atoms with van der Waals surface area (Å²) in [4.78, 5) is 11.0. The van der Waals surface area contributed by atoms with Crippen LogP contribution in [0.2, 0.25) is 0 Å². The van der Waals surface area contributed by atoms with Gasteiger partial charge in [0.1, 0.15) is 6.10 Å². The lowest BCUT2D eigenvalue weighted by atomic mass is 9.96. The SMILES string of the molecule is c1cnc(N2CCNCC2)c(OC2CCC2)n1. The number of rotatable bonds is 3. The summed E-state index contributed by atoms with van der Waals surface area (Å²) in [5.74, 6) is 1.61. The second-order valence-corrected chi connectivity index (χ2v) is 4.59. The van der Waals surface area contributed by atoms with E-state index < -0.39 is 0 Å². The summed E-state index contributed by atoms with van der Waals surface area (Å²) >= 11 is 0. The van der Waals surface area contributed by atoms with Gasteiger partial charge in [-0.15, -0.1) is 0 Å². The maximum Gasteiger partial charge on any atom is 0.257 e. The van der Waals surface area contributed by atoms with Crippen molar-refractivity contribution in [2.45, 2.75) is 25.4 Å². The van der Waals surface area contributed by atoms with Crippen LogP contribution in [0.15, 0.2) is 12.4 Å². The maximum absolute atomic E-state index is 5.90. The van der Waals surface area contributed by atoms with Gasteiger partial charge in [-0.3, -0.25) is 0 Å². The Bertz CT molecular complexity index is 375. The van der Waals surface area contributed by atoms with Gasteiger partial charge in [0.2, 0.25) is 0 Å². The van der Waals surface area contributed by atoms with Gasteiger partial charge >= 0.3 is 0 Å². The molecule has 92 valence electrons. The highest BCUT2D eigenvalue weighted by Crippen LogP contribution is 2.29. The predicted octanol–water partition coefficient (Wildman–Crippen LogP) is 0.817. The van der Waals surface area contributed by atoms with Gasteiger partial charge in [-0.1, -0.05) is 0 Å². The van der Waals surface area contributed by atoms with Crippen LogP contribution < -0.4 is 15.0 Å². The van der Waals surface area contributed by atoms with Gasteiger partial charge in [-0.05, 0) is 19.3 Å². The van der Waals surface area contributed by atoms with Gasteiger partial charge in [-0.25, -0.2) is 9.97 Å². The summed E-state index contributed by atoms with van der Waals surface area (Å²) in [6.45, 7) is 3.94. The molecule has 17 heavy (non-hydrogen) atoms. The predicted molar refractivity (Wildman–Crippen MR) is 65.4 cm³/mol. The molecule has 1 aromatic rings. The minimum absolute atomic E-state index is 0.355. The van der Waals surface area contributed by atoms with Crippen molar-refractivity contribution in [2.75, 3.05) is 31.1 Å². The average Bonchev–Trinajstić information content (AvgIpc) is 2.35. The van der Waals surface area contributed by atoms with E-state index in [1.165, 1.54) is 6.42 Å². The maximum atomic E-state index is 5.90. The van der Waals surface area contributed by atoms with Gasteiger partial charge in [-0.2, -0.15) is 0 Å². The van der Waals surface area contributed by atoms with Gasteiger partial charge in [0, 0.05) is 38.6 Å². The number of ether oxygens (including phenoxy) is 1. The lowest BCUT2D eigenvalue weighted by molar-refractivity contribution is 0.114. The molecule has 1 saturated carbocycles. The standard InChI is InChI=1S/C12H18N4O/c1-2-10(3-1)17-12-11(14-4-5-15-12)16-8-6-13-7-9-16/h4-5,10,13H,1-3,6-9H2. The van der Waals surface area contributed by atoms with E-state index in [0.29, 0.717) is 12.0 Å². The highest BCUT2D eigenvalue weighted by atomic mass is 16.5. The molecule has 2 fully saturated rings. The van der Waals surface area contributed by atoms with E-state index in [9.17, 15) is 0 Å². The Kier molecular flexibility index (Phi) is 3.09. The van der Waals surface area contributed by atoms with Crippen LogP contribution in [0.1, 0.15) is 19.3 Å². The molecule has 0 amide bonds. The quantitative estimate of drug-likeness (QED) is 0.839. The van der Waals surface area contributed by atoms with Gasteiger partial charge in [0.05, 0.1) is 0 Å². The van der Waals surface area contributed by atoms with Crippen molar-refractivity contribution >= 4 is 5.82 Å². The molecule has 0 atom stereocenters. The Morgan fingerprint density at radius 1 is 1.18 bits per heavy atom. The fraction of sp³-hybridized carbons (Fsp3) is 0.667. The molecule has 0 radical (unpaired) electrons. The summed E-state index contributed by atoms with van der Waals surface area (Å²) in [5, 5.41) is 3.34. The molecule has 0 aromatic carbocycles. The Hall–Kier alpha value is -1.36. The first-order chi connectivity index (χ1) is 8.43. The molecule has 1 aromatic heterocycles. The molecule has 5 heteroatoms. The Balaban J connectivity index is 1.76. The summed E-state index contributed by atoms with van der Waals surface area (Å²) in [7, 11) is 0. The Labute approximate surface area is 101 Å². The van der Waals surface area contributed by atoms with E-state index in [4.69, 9.17) is 4.74 Å². The minimum Gasteiger partial charge on any atom is -0.472 e. The zero-order valence-electron chi connectivity index (χ0n) is 9.93. The van der Waals surface area contributed by atoms with Crippen LogP contribution in [-0.4, -0.2) is 42.3 Å². The number of anilines is 1. The molecule has 0 unspecified atom stereocenters. The first kappa shape index (κ1) is 10.8. The second kappa shape index (κ2) is 4.87. The molecule has 3 rings (SSSR count). The van der Waals surface area contributed by atoms with Crippen molar-refractivity contribution in [1.29, 1.82) is 0 Å². The first-order valence-corrected chi connectivity index (χ1v) is 6.37. The van der Waals surface area contributed by atoms with E-state index in [-0.39, 0.29) is 0 Å². The van der Waals surface area contributed by atoms with Crippen LogP contribution in [-0.2, 0) is 0 Å². The van der Waals surface area contributed by atoms with Crippen LogP contribution in [0, 0.1) is 0 Å². The minimum atomic E-state index is 0.355. The fourth-order valence-corrected chi connectivity index (χ4v) is 2.14. The van der Waals surface area contributed by atoms with Crippen molar-refractivity contribution in [3.05, 3.63) is 12.4 Å². The average molecular weight is 234 g/mol. The first-order valence-electron chi connectivity index (χ1n) is 6.37. The number of piperazine rings is 1. The molecule has 1 N–H and O–H groups in total. The van der Waals surface area contributed by atoms with E-state index in [1.807, 2.05) is 0 Å². The molecule has 0 spiro atoms. The Morgan fingerprint density at radius 2 is 1.94 bits per heavy atom. The molecule has 1 aliphatic heterocycles. The summed E-state index contributed by atoms with van der Waals surface area (Å²) in [6, 6.07) is 0. The van der Waals surface area contributed by atoms with Crippen molar-refractivity contribution < 1.29 is 4.74 Å². The zero-order chi connectivity index (χ0) is 11.5.